The minimum Gasteiger partial charge on any atom is -0.377 e. The van der Waals surface area contributed by atoms with Gasteiger partial charge in [-0.15, -0.1) is 11.3 Å². The predicted molar refractivity (Wildman–Crippen MR) is 79.2 cm³/mol. The van der Waals surface area contributed by atoms with Gasteiger partial charge in [0.15, 0.2) is 0 Å². The van der Waals surface area contributed by atoms with Crippen molar-refractivity contribution in [2.45, 2.75) is 26.3 Å². The molecule has 1 saturated heterocycles. The van der Waals surface area contributed by atoms with Crippen molar-refractivity contribution in [1.29, 1.82) is 0 Å². The first-order valence-corrected chi connectivity index (χ1v) is 7.81. The van der Waals surface area contributed by atoms with Gasteiger partial charge in [0.05, 0.1) is 30.3 Å². The second kappa shape index (κ2) is 5.95. The van der Waals surface area contributed by atoms with Crippen LogP contribution >= 0.6 is 11.3 Å². The lowest BCUT2D eigenvalue weighted by atomic mass is 10.2. The number of nitrogens with one attached hydrogen (secondary N) is 1. The second-order valence-electron chi connectivity index (χ2n) is 5.16. The summed E-state index contributed by atoms with van der Waals surface area (Å²) in [6.45, 7) is 5.53. The zero-order valence-electron chi connectivity index (χ0n) is 12.1. The highest BCUT2D eigenvalue weighted by Gasteiger charge is 2.30. The predicted octanol–water partition coefficient (Wildman–Crippen LogP) is 1.63. The Morgan fingerprint density at radius 2 is 2.43 bits per heavy atom. The number of carbonyl (C=O) groups excluding carboxylic acids is 1. The van der Waals surface area contributed by atoms with Crippen molar-refractivity contribution >= 4 is 17.2 Å². The number of amides is 1. The normalized spacial score (nSPS) is 19.0. The van der Waals surface area contributed by atoms with Crippen molar-refractivity contribution < 1.29 is 9.53 Å². The third-order valence-electron chi connectivity index (χ3n) is 3.49. The zero-order valence-corrected chi connectivity index (χ0v) is 12.9. The van der Waals surface area contributed by atoms with Crippen molar-refractivity contribution in [3.63, 3.8) is 0 Å². The second-order valence-corrected chi connectivity index (χ2v) is 6.23. The molecule has 1 amide bonds. The Morgan fingerprint density at radius 1 is 1.57 bits per heavy atom. The molecule has 0 radical (unpaired) electrons. The molecule has 3 rings (SSSR count). The summed E-state index contributed by atoms with van der Waals surface area (Å²) in [6.07, 6.45) is 2.11. The lowest BCUT2D eigenvalue weighted by Gasteiger charge is -2.34. The summed E-state index contributed by atoms with van der Waals surface area (Å²) in [5.74, 6) is 0.859. The summed E-state index contributed by atoms with van der Waals surface area (Å²) in [7, 11) is 0. The molecule has 1 N–H and O–H groups in total. The molecule has 2 aromatic heterocycles. The summed E-state index contributed by atoms with van der Waals surface area (Å²) in [5, 5.41) is 2.93. The van der Waals surface area contributed by atoms with E-state index >= 15 is 0 Å². The number of imidazole rings is 1. The van der Waals surface area contributed by atoms with Crippen molar-refractivity contribution in [2.75, 3.05) is 19.8 Å². The van der Waals surface area contributed by atoms with E-state index in [1.807, 2.05) is 24.1 Å². The Kier molecular flexibility index (Phi) is 4.03. The van der Waals surface area contributed by atoms with Crippen LogP contribution in [0.3, 0.4) is 0 Å². The number of aryl methyl sites for hydroxylation is 2. The number of carbonyl (C=O) groups is 1. The van der Waals surface area contributed by atoms with E-state index < -0.39 is 0 Å². The third kappa shape index (κ3) is 3.14. The van der Waals surface area contributed by atoms with Gasteiger partial charge in [-0.25, -0.2) is 9.97 Å². The first-order valence-electron chi connectivity index (χ1n) is 6.93. The van der Waals surface area contributed by atoms with Gasteiger partial charge >= 0.3 is 0 Å². The molecule has 2 aromatic rings. The van der Waals surface area contributed by atoms with Gasteiger partial charge in [0.25, 0.3) is 0 Å². The molecule has 3 heterocycles. The van der Waals surface area contributed by atoms with E-state index in [4.69, 9.17) is 4.74 Å². The number of hydrogen-bond acceptors (Lipinski definition) is 5. The molecule has 0 unspecified atom stereocenters. The fraction of sp³-hybridized carbons (Fsp3) is 0.500. The molecular formula is C14H18N4O2S. The highest BCUT2D eigenvalue weighted by Crippen LogP contribution is 2.23. The molecule has 0 spiro atoms. The Hall–Kier alpha value is -1.73. The first-order chi connectivity index (χ1) is 10.1. The first kappa shape index (κ1) is 14.2. The van der Waals surface area contributed by atoms with Gasteiger partial charge in [0.2, 0.25) is 5.91 Å². The van der Waals surface area contributed by atoms with Crippen molar-refractivity contribution in [1.82, 2.24) is 19.9 Å². The maximum Gasteiger partial charge on any atom is 0.229 e. The molecular weight excluding hydrogens is 288 g/mol. The Bertz CT molecular complexity index is 636. The van der Waals surface area contributed by atoms with E-state index in [9.17, 15) is 4.79 Å². The molecule has 1 aliphatic rings. The molecule has 0 bridgehead atoms. The smallest absolute Gasteiger partial charge is 0.229 e. The van der Waals surface area contributed by atoms with Gasteiger partial charge in [-0.3, -0.25) is 4.79 Å². The molecule has 7 heteroatoms. The van der Waals surface area contributed by atoms with Gasteiger partial charge in [-0.05, 0) is 13.8 Å². The summed E-state index contributed by atoms with van der Waals surface area (Å²) < 4.78 is 5.51. The number of nitrogens with zero attached hydrogens (tertiary/aromatic N) is 3. The van der Waals surface area contributed by atoms with Crippen molar-refractivity contribution in [2.24, 2.45) is 0 Å². The summed E-state index contributed by atoms with van der Waals surface area (Å²) in [4.78, 5) is 26.3. The minimum absolute atomic E-state index is 0.0719. The fourth-order valence-electron chi connectivity index (χ4n) is 2.48. The lowest BCUT2D eigenvalue weighted by molar-refractivity contribution is -0.139. The van der Waals surface area contributed by atoms with Crippen molar-refractivity contribution in [3.05, 3.63) is 33.8 Å². The lowest BCUT2D eigenvalue weighted by Crippen LogP contribution is -2.44. The van der Waals surface area contributed by atoms with Crippen LogP contribution < -0.4 is 0 Å². The molecule has 1 aliphatic heterocycles. The maximum atomic E-state index is 12.6. The van der Waals surface area contributed by atoms with Gasteiger partial charge in [0.1, 0.15) is 11.9 Å². The van der Waals surface area contributed by atoms with E-state index in [0.717, 1.165) is 22.2 Å². The number of aromatic nitrogens is 3. The summed E-state index contributed by atoms with van der Waals surface area (Å²) in [5.41, 5.74) is 1.82. The zero-order chi connectivity index (χ0) is 14.8. The van der Waals surface area contributed by atoms with Crippen LogP contribution in [0.2, 0.25) is 0 Å². The highest BCUT2D eigenvalue weighted by atomic mass is 32.1. The quantitative estimate of drug-likeness (QED) is 0.935. The van der Waals surface area contributed by atoms with E-state index in [1.54, 1.807) is 17.5 Å². The highest BCUT2D eigenvalue weighted by molar-refractivity contribution is 7.09. The van der Waals surface area contributed by atoms with Crippen LogP contribution in [-0.4, -0.2) is 45.5 Å². The molecule has 1 atom stereocenters. The van der Waals surface area contributed by atoms with Crippen LogP contribution in [0.4, 0.5) is 0 Å². The van der Waals surface area contributed by atoms with Crippen LogP contribution in [0.5, 0.6) is 0 Å². The minimum atomic E-state index is -0.139. The standard InChI is InChI=1S/C14H18N4O2S/c1-9-6-15-14(16-9)12-7-20-4-3-18(12)13(19)5-11-8-21-10(2)17-11/h6,8,12H,3-5,7H2,1-2H3,(H,15,16)/t12-/m1/s1. The van der Waals surface area contributed by atoms with E-state index in [0.29, 0.717) is 26.2 Å². The maximum absolute atomic E-state index is 12.6. The molecule has 6 nitrogen and oxygen atoms in total. The molecule has 1 fully saturated rings. The monoisotopic (exact) mass is 306 g/mol. The summed E-state index contributed by atoms with van der Waals surface area (Å²) >= 11 is 1.57. The van der Waals surface area contributed by atoms with Gasteiger partial charge in [-0.2, -0.15) is 0 Å². The number of rotatable bonds is 3. The molecule has 0 aromatic carbocycles. The van der Waals surface area contributed by atoms with Gasteiger partial charge in [0, 0.05) is 23.8 Å². The Balaban J connectivity index is 1.75. The molecule has 21 heavy (non-hydrogen) atoms. The fourth-order valence-corrected chi connectivity index (χ4v) is 3.09. The molecule has 0 saturated carbocycles. The Morgan fingerprint density at radius 3 is 3.10 bits per heavy atom. The number of aromatic amines is 1. The van der Waals surface area contributed by atoms with E-state index in [1.165, 1.54) is 0 Å². The van der Waals surface area contributed by atoms with Crippen LogP contribution in [0.15, 0.2) is 11.6 Å². The number of morpholine rings is 1. The molecule has 0 aliphatic carbocycles. The topological polar surface area (TPSA) is 71.1 Å². The Labute approximate surface area is 127 Å². The van der Waals surface area contributed by atoms with Gasteiger partial charge in [-0.1, -0.05) is 0 Å². The number of ether oxygens (including phenoxy) is 1. The summed E-state index contributed by atoms with van der Waals surface area (Å²) in [6, 6.07) is -0.139. The SMILES string of the molecule is Cc1cnc([C@H]2COCCN2C(=O)Cc2csc(C)n2)[nH]1. The van der Waals surface area contributed by atoms with Crippen LogP contribution in [0.1, 0.15) is 28.3 Å². The molecule has 112 valence electrons. The van der Waals surface area contributed by atoms with E-state index in [2.05, 4.69) is 15.0 Å². The van der Waals surface area contributed by atoms with E-state index in [-0.39, 0.29) is 11.9 Å². The number of H-pyrrole nitrogens is 1. The number of thiazole rings is 1. The van der Waals surface area contributed by atoms with Crippen LogP contribution in [0.25, 0.3) is 0 Å². The largest absolute Gasteiger partial charge is 0.377 e. The van der Waals surface area contributed by atoms with Crippen LogP contribution in [0, 0.1) is 13.8 Å². The van der Waals surface area contributed by atoms with Crippen LogP contribution in [-0.2, 0) is 16.0 Å². The third-order valence-corrected chi connectivity index (χ3v) is 4.31. The average molecular weight is 306 g/mol. The van der Waals surface area contributed by atoms with Crippen molar-refractivity contribution in [3.8, 4) is 0 Å². The average Bonchev–Trinajstić information content (AvgIpc) is 3.07. The van der Waals surface area contributed by atoms with Gasteiger partial charge < -0.3 is 14.6 Å². The number of hydrogen-bond donors (Lipinski definition) is 1.